The maximum Gasteiger partial charge on any atom is 0.252 e. The molecule has 1 aliphatic carbocycles. The van der Waals surface area contributed by atoms with Gasteiger partial charge in [0, 0.05) is 85.6 Å². The highest BCUT2D eigenvalue weighted by Crippen LogP contribution is 2.54. The van der Waals surface area contributed by atoms with Gasteiger partial charge in [-0.15, -0.1) is 0 Å². The molecule has 0 spiro atoms. The third kappa shape index (κ3) is 9.33. The zero-order chi connectivity index (χ0) is 63.4. The monoisotopic (exact) mass is 1180 g/mol. The summed E-state index contributed by atoms with van der Waals surface area (Å²) in [5.41, 5.74) is 32.4. The fourth-order valence-electron chi connectivity index (χ4n) is 15.1. The van der Waals surface area contributed by atoms with Crippen molar-refractivity contribution in [1.82, 2.24) is 4.57 Å². The van der Waals surface area contributed by atoms with Crippen molar-refractivity contribution in [1.29, 1.82) is 0 Å². The van der Waals surface area contributed by atoms with Crippen LogP contribution in [0, 0.1) is 20.8 Å². The van der Waals surface area contributed by atoms with Crippen LogP contribution in [0.3, 0.4) is 0 Å². The van der Waals surface area contributed by atoms with Gasteiger partial charge in [-0.25, -0.2) is 0 Å². The van der Waals surface area contributed by atoms with Gasteiger partial charge in [-0.1, -0.05) is 208 Å². The van der Waals surface area contributed by atoms with Gasteiger partial charge in [-0.2, -0.15) is 0 Å². The third-order valence-corrected chi connectivity index (χ3v) is 20.2. The Morgan fingerprint density at radius 1 is 0.385 bits per heavy atom. The highest BCUT2D eigenvalue weighted by Gasteiger charge is 2.46. The Morgan fingerprint density at radius 2 is 0.901 bits per heavy atom. The molecule has 0 unspecified atom stereocenters. The van der Waals surface area contributed by atoms with E-state index in [0.29, 0.717) is 0 Å². The Balaban J connectivity index is 1.02. The Morgan fingerprint density at radius 3 is 1.53 bits per heavy atom. The van der Waals surface area contributed by atoms with Crippen molar-refractivity contribution in [2.75, 3.05) is 19.6 Å². The maximum atomic E-state index is 2.67. The van der Waals surface area contributed by atoms with Gasteiger partial charge in [-0.05, 0) is 202 Å². The minimum atomic E-state index is -0.225. The lowest BCUT2D eigenvalue weighted by Crippen LogP contribution is -2.61. The Labute approximate surface area is 540 Å². The van der Waals surface area contributed by atoms with E-state index >= 15 is 0 Å². The molecule has 12 aromatic rings. The number of para-hydroxylation sites is 1. The van der Waals surface area contributed by atoms with Crippen molar-refractivity contribution < 1.29 is 0 Å². The second-order valence-electron chi connectivity index (χ2n) is 29.8. The van der Waals surface area contributed by atoms with E-state index in [1.807, 2.05) is 0 Å². The number of aromatic nitrogens is 1. The Kier molecular flexibility index (Phi) is 13.2. The van der Waals surface area contributed by atoms with E-state index in [1.165, 1.54) is 117 Å². The van der Waals surface area contributed by atoms with E-state index in [-0.39, 0.29) is 28.4 Å². The van der Waals surface area contributed by atoms with E-state index in [9.17, 15) is 0 Å². The lowest BCUT2D eigenvalue weighted by atomic mass is 9.33. The van der Waals surface area contributed by atoms with E-state index < -0.39 is 0 Å². The number of rotatable bonds is 8. The van der Waals surface area contributed by atoms with Gasteiger partial charge in [0.1, 0.15) is 0 Å². The van der Waals surface area contributed by atoms with Gasteiger partial charge >= 0.3 is 0 Å². The molecule has 2 aliphatic heterocycles. The molecule has 1 aromatic heterocycles. The molecule has 3 aliphatic rings. The van der Waals surface area contributed by atoms with Crippen molar-refractivity contribution in [3.05, 3.63) is 269 Å². The predicted octanol–water partition coefficient (Wildman–Crippen LogP) is 21.5. The van der Waals surface area contributed by atoms with Crippen LogP contribution in [-0.2, 0) is 28.7 Å². The number of anilines is 12. The molecule has 0 radical (unpaired) electrons. The molecule has 15 rings (SSSR count). The summed E-state index contributed by atoms with van der Waals surface area (Å²) in [5.74, 6) is 0. The van der Waals surface area contributed by atoms with Crippen molar-refractivity contribution in [2.45, 2.75) is 119 Å². The van der Waals surface area contributed by atoms with E-state index in [1.54, 1.807) is 0 Å². The smallest absolute Gasteiger partial charge is 0.252 e. The molecular weight excluding hydrogens is 1100 g/mol. The van der Waals surface area contributed by atoms with Gasteiger partial charge in [0.05, 0.1) is 16.9 Å². The predicted molar refractivity (Wildman–Crippen MR) is 392 cm³/mol. The summed E-state index contributed by atoms with van der Waals surface area (Å²) in [5, 5.41) is 2.43. The largest absolute Gasteiger partial charge is 0.342 e. The number of benzene rings is 11. The first-order valence-corrected chi connectivity index (χ1v) is 32.7. The first-order chi connectivity index (χ1) is 43.4. The van der Waals surface area contributed by atoms with Crippen LogP contribution < -0.4 is 36.0 Å². The Bertz CT molecular complexity index is 4850. The second kappa shape index (κ2) is 20.8. The van der Waals surface area contributed by atoms with Gasteiger partial charge in [-0.3, -0.25) is 0 Å². The highest BCUT2D eigenvalue weighted by atomic mass is 15.2. The lowest BCUT2D eigenvalue weighted by Gasteiger charge is -2.46. The second-order valence-corrected chi connectivity index (χ2v) is 29.8. The molecule has 0 bridgehead atoms. The van der Waals surface area contributed by atoms with Crippen LogP contribution in [0.15, 0.2) is 224 Å². The van der Waals surface area contributed by atoms with E-state index in [2.05, 4.69) is 353 Å². The summed E-state index contributed by atoms with van der Waals surface area (Å²) >= 11 is 0. The van der Waals surface area contributed by atoms with Gasteiger partial charge < -0.3 is 24.2 Å². The summed E-state index contributed by atoms with van der Waals surface area (Å²) in [6.45, 7) is 32.4. The molecule has 450 valence electrons. The molecule has 0 amide bonds. The first-order valence-electron chi connectivity index (χ1n) is 32.7. The van der Waals surface area contributed by atoms with Crippen molar-refractivity contribution in [2.24, 2.45) is 7.05 Å². The van der Waals surface area contributed by atoms with Gasteiger partial charge in [0.15, 0.2) is 0 Å². The quantitative estimate of drug-likeness (QED) is 0.141. The average molecular weight is 1180 g/mol. The summed E-state index contributed by atoms with van der Waals surface area (Å²) in [7, 11) is 2.26. The topological polar surface area (TPSA) is 17.9 Å². The molecule has 5 nitrogen and oxygen atoms in total. The molecule has 0 atom stereocenters. The standard InChI is InChI=1S/C85H82BN5/c1-53-24-33-59(34-25-53)88(63-41-43-66-65-20-16-18-22-68(65)85(13,14)69(66)51-63)64-42-44-70-76(52-64)90(62-39-30-56(31-40-62)82(4,5)6)77-49-58(84(10,11)12)50-78-80(77)86(70)71-48-57(83(7,8)9)32-45-73(71)91(78)74-46-47-75(81-79(74)67-21-17-19-23-72(67)87(81)15)89(60-35-26-54(2)27-36-60)61-37-28-55(3)29-38-61/h16-52H,1-15H3. The lowest BCUT2D eigenvalue weighted by molar-refractivity contribution is 0.590. The number of hydrogen-bond acceptors (Lipinski definition) is 4. The zero-order valence-corrected chi connectivity index (χ0v) is 55.7. The molecule has 0 N–H and O–H groups in total. The van der Waals surface area contributed by atoms with Gasteiger partial charge in [0.2, 0.25) is 0 Å². The average Bonchev–Trinajstić information content (AvgIpc) is 1.20. The van der Waals surface area contributed by atoms with Crippen molar-refractivity contribution >= 4 is 113 Å². The van der Waals surface area contributed by atoms with Crippen LogP contribution in [0.25, 0.3) is 32.9 Å². The fraction of sp³-hybridized carbons (Fsp3) is 0.224. The third-order valence-electron chi connectivity index (χ3n) is 20.2. The van der Waals surface area contributed by atoms with Crippen LogP contribution in [0.5, 0.6) is 0 Å². The molecule has 6 heteroatoms. The Hall–Kier alpha value is -9.52. The number of aryl methyl sites for hydroxylation is 4. The van der Waals surface area contributed by atoms with Gasteiger partial charge in [0.25, 0.3) is 6.71 Å². The molecular formula is C85H82BN5. The maximum absolute atomic E-state index is 2.67. The molecule has 11 aromatic carbocycles. The van der Waals surface area contributed by atoms with Crippen LogP contribution in [0.4, 0.5) is 68.2 Å². The zero-order valence-electron chi connectivity index (χ0n) is 55.7. The molecule has 0 saturated heterocycles. The van der Waals surface area contributed by atoms with Crippen molar-refractivity contribution in [3.8, 4) is 11.1 Å². The molecule has 0 saturated carbocycles. The molecule has 91 heavy (non-hydrogen) atoms. The molecule has 0 fully saturated rings. The number of fused-ring (bicyclic) bond motifs is 10. The van der Waals surface area contributed by atoms with E-state index in [0.717, 1.165) is 45.5 Å². The van der Waals surface area contributed by atoms with Crippen LogP contribution >= 0.6 is 0 Å². The number of nitrogens with zero attached hydrogens (tertiary/aromatic N) is 5. The molecule has 3 heterocycles. The summed E-state index contributed by atoms with van der Waals surface area (Å²) < 4.78 is 2.44. The van der Waals surface area contributed by atoms with Crippen LogP contribution in [0.1, 0.15) is 121 Å². The minimum absolute atomic E-state index is 0.0307. The summed E-state index contributed by atoms with van der Waals surface area (Å²) in [4.78, 5) is 10.2. The highest BCUT2D eigenvalue weighted by molar-refractivity contribution is 7.00. The SMILES string of the molecule is Cc1ccc(N(c2ccc3c(c2)N(c2ccc(C(C)(C)C)cc2)c2cc(C(C)(C)C)cc4c2B3c2cc(C(C)(C)C)ccc2N4c2ccc(N(c3ccc(C)cc3)c3ccc(C)cc3)c3c2c2ccccc2n3C)c2ccc3c(c2)C(C)(C)c2ccccc2-3)cc1. The minimum Gasteiger partial charge on any atom is -0.342 e. The summed E-state index contributed by atoms with van der Waals surface area (Å²) in [6.07, 6.45) is 0. The number of hydrogen-bond donors (Lipinski definition) is 0. The summed E-state index contributed by atoms with van der Waals surface area (Å²) in [6, 6.07) is 86.5. The van der Waals surface area contributed by atoms with Crippen LogP contribution in [-0.4, -0.2) is 11.3 Å². The fourth-order valence-corrected chi connectivity index (χ4v) is 15.1. The van der Waals surface area contributed by atoms with E-state index in [4.69, 9.17) is 0 Å². The van der Waals surface area contributed by atoms with Crippen molar-refractivity contribution in [3.63, 3.8) is 0 Å². The van der Waals surface area contributed by atoms with Crippen LogP contribution in [0.2, 0.25) is 0 Å². The first kappa shape index (κ1) is 57.9. The normalized spacial score (nSPS) is 13.9.